The molecule has 0 N–H and O–H groups in total. The predicted octanol–water partition coefficient (Wildman–Crippen LogP) is 5.78. The van der Waals surface area contributed by atoms with Crippen molar-refractivity contribution in [2.75, 3.05) is 5.75 Å². The molecule has 1 aromatic heterocycles. The second-order valence-corrected chi connectivity index (χ2v) is 9.58. The molecule has 1 saturated heterocycles. The van der Waals surface area contributed by atoms with Crippen LogP contribution < -0.4 is 0 Å². The van der Waals surface area contributed by atoms with E-state index in [2.05, 4.69) is 55.2 Å². The van der Waals surface area contributed by atoms with E-state index in [1.165, 1.54) is 23.7 Å². The number of halogens is 1. The lowest BCUT2D eigenvalue weighted by Gasteiger charge is -2.39. The highest BCUT2D eigenvalue weighted by molar-refractivity contribution is 7.99. The summed E-state index contributed by atoms with van der Waals surface area (Å²) in [6.07, 6.45) is 3.33. The Morgan fingerprint density at radius 3 is 2.32 bits per heavy atom. The quantitative estimate of drug-likeness (QED) is 0.458. The molecular weight excluding hydrogens is 428 g/mol. The molecule has 5 nitrogen and oxygen atoms in total. The first-order valence-electron chi connectivity index (χ1n) is 10.7. The minimum Gasteiger partial charge on any atom is -0.337 e. The maximum atomic E-state index is 13.0. The summed E-state index contributed by atoms with van der Waals surface area (Å²) in [6, 6.07) is 16.4. The Balaban J connectivity index is 1.63. The highest BCUT2D eigenvalue weighted by atomic mass is 35.5. The smallest absolute Gasteiger partial charge is 0.233 e. The zero-order valence-corrected chi connectivity index (χ0v) is 19.7. The molecule has 0 saturated carbocycles. The number of amides is 1. The zero-order chi connectivity index (χ0) is 22.0. The number of nitrogens with zero attached hydrogens (tertiary/aromatic N) is 4. The second kappa shape index (κ2) is 9.45. The van der Waals surface area contributed by atoms with Gasteiger partial charge in [0.05, 0.1) is 5.75 Å². The fourth-order valence-electron chi connectivity index (χ4n) is 4.19. The summed E-state index contributed by atoms with van der Waals surface area (Å²) in [4.78, 5) is 15.1. The summed E-state index contributed by atoms with van der Waals surface area (Å²) in [5, 5.41) is 10.3. The molecule has 0 unspecified atom stereocenters. The summed E-state index contributed by atoms with van der Waals surface area (Å²) >= 11 is 7.51. The van der Waals surface area contributed by atoms with E-state index in [4.69, 9.17) is 11.6 Å². The monoisotopic (exact) mass is 454 g/mol. The van der Waals surface area contributed by atoms with Crippen LogP contribution in [0.3, 0.4) is 0 Å². The van der Waals surface area contributed by atoms with E-state index in [0.717, 1.165) is 29.9 Å². The van der Waals surface area contributed by atoms with Gasteiger partial charge >= 0.3 is 0 Å². The first-order chi connectivity index (χ1) is 14.9. The van der Waals surface area contributed by atoms with Crippen LogP contribution in [0.2, 0.25) is 5.02 Å². The van der Waals surface area contributed by atoms with Crippen LogP contribution >= 0.6 is 23.4 Å². The topological polar surface area (TPSA) is 51.0 Å². The third-order valence-corrected chi connectivity index (χ3v) is 7.00. The molecule has 1 amide bonds. The number of carbonyl (C=O) groups is 1. The van der Waals surface area contributed by atoms with Gasteiger partial charge in [0, 0.05) is 28.4 Å². The molecule has 2 heterocycles. The van der Waals surface area contributed by atoms with E-state index in [0.29, 0.717) is 15.9 Å². The molecule has 3 aromatic rings. The molecule has 162 valence electrons. The molecule has 2 atom stereocenters. The van der Waals surface area contributed by atoms with Gasteiger partial charge in [-0.05, 0) is 76.4 Å². The van der Waals surface area contributed by atoms with Gasteiger partial charge in [-0.15, -0.1) is 10.2 Å². The van der Waals surface area contributed by atoms with Gasteiger partial charge in [0.1, 0.15) is 0 Å². The first-order valence-corrected chi connectivity index (χ1v) is 12.0. The number of hydrogen-bond donors (Lipinski definition) is 0. The van der Waals surface area contributed by atoms with Crippen molar-refractivity contribution in [2.45, 2.75) is 57.3 Å². The summed E-state index contributed by atoms with van der Waals surface area (Å²) < 4.78 is 2.02. The van der Waals surface area contributed by atoms with Gasteiger partial charge in [-0.1, -0.05) is 41.1 Å². The van der Waals surface area contributed by atoms with Gasteiger partial charge in [0.15, 0.2) is 11.0 Å². The van der Waals surface area contributed by atoms with Gasteiger partial charge < -0.3 is 4.90 Å². The van der Waals surface area contributed by atoms with Crippen LogP contribution in [0.25, 0.3) is 17.1 Å². The number of carbonyl (C=O) groups excluding carboxylic acids is 1. The number of aryl methyl sites for hydroxylation is 1. The molecule has 4 rings (SSSR count). The number of benzene rings is 2. The van der Waals surface area contributed by atoms with Gasteiger partial charge in [-0.25, -0.2) is 0 Å². The molecule has 0 radical (unpaired) electrons. The Hall–Kier alpha value is -2.31. The van der Waals surface area contributed by atoms with Crippen molar-refractivity contribution < 1.29 is 4.79 Å². The van der Waals surface area contributed by atoms with Crippen LogP contribution in [0.15, 0.2) is 53.7 Å². The Bertz CT molecular complexity index is 1040. The van der Waals surface area contributed by atoms with E-state index in [9.17, 15) is 4.79 Å². The third-order valence-electron chi connectivity index (χ3n) is 5.83. The molecule has 0 aliphatic carbocycles. The minimum atomic E-state index is 0.163. The Morgan fingerprint density at radius 1 is 1.03 bits per heavy atom. The van der Waals surface area contributed by atoms with Crippen LogP contribution in [-0.4, -0.2) is 43.4 Å². The molecule has 0 spiro atoms. The molecule has 7 heteroatoms. The van der Waals surface area contributed by atoms with Gasteiger partial charge in [-0.2, -0.15) is 0 Å². The molecule has 1 aliphatic heterocycles. The number of rotatable bonds is 5. The van der Waals surface area contributed by atoms with Crippen molar-refractivity contribution in [3.05, 3.63) is 59.1 Å². The van der Waals surface area contributed by atoms with E-state index in [1.54, 1.807) is 0 Å². The first kappa shape index (κ1) is 21.9. The lowest BCUT2D eigenvalue weighted by Crippen LogP contribution is -2.48. The predicted molar refractivity (Wildman–Crippen MR) is 127 cm³/mol. The van der Waals surface area contributed by atoms with Crippen LogP contribution in [0.5, 0.6) is 0 Å². The summed E-state index contributed by atoms with van der Waals surface area (Å²) in [5.74, 6) is 1.24. The number of aromatic nitrogens is 3. The lowest BCUT2D eigenvalue weighted by molar-refractivity contribution is -0.134. The van der Waals surface area contributed by atoms with Gasteiger partial charge in [-0.3, -0.25) is 9.36 Å². The Labute approximate surface area is 192 Å². The molecule has 1 aliphatic rings. The van der Waals surface area contributed by atoms with Crippen LogP contribution in [-0.2, 0) is 4.79 Å². The van der Waals surface area contributed by atoms with E-state index in [1.807, 2.05) is 33.7 Å². The largest absolute Gasteiger partial charge is 0.337 e. The van der Waals surface area contributed by atoms with Crippen molar-refractivity contribution in [1.29, 1.82) is 0 Å². The second-order valence-electron chi connectivity index (χ2n) is 8.20. The fourth-order valence-corrected chi connectivity index (χ4v) is 5.14. The lowest BCUT2D eigenvalue weighted by atomic mass is 9.98. The van der Waals surface area contributed by atoms with Crippen LogP contribution in [0, 0.1) is 6.92 Å². The SMILES string of the molecule is Cc1ccc(-n2c(SCC(=O)N3[C@H](C)CCC[C@H]3C)nnc2-c2ccc(Cl)cc2)cc1. The Kier molecular flexibility index (Phi) is 6.68. The normalized spacial score (nSPS) is 18.9. The number of hydrogen-bond acceptors (Lipinski definition) is 4. The van der Waals surface area contributed by atoms with Crippen LogP contribution in [0.4, 0.5) is 0 Å². The third kappa shape index (κ3) is 4.80. The highest BCUT2D eigenvalue weighted by Crippen LogP contribution is 2.30. The van der Waals surface area contributed by atoms with Crippen molar-refractivity contribution in [2.24, 2.45) is 0 Å². The van der Waals surface area contributed by atoms with Gasteiger partial charge in [0.25, 0.3) is 0 Å². The minimum absolute atomic E-state index is 0.163. The fraction of sp³-hybridized carbons (Fsp3) is 0.375. The summed E-state index contributed by atoms with van der Waals surface area (Å²) in [7, 11) is 0. The van der Waals surface area contributed by atoms with E-state index >= 15 is 0 Å². The standard InChI is InChI=1S/C24H27ClN4OS/c1-16-7-13-21(14-8-16)29-23(19-9-11-20(25)12-10-19)26-27-24(29)31-15-22(30)28-17(2)5-4-6-18(28)3/h7-14,17-18H,4-6,15H2,1-3H3/t17-,18-/m1/s1. The maximum absolute atomic E-state index is 13.0. The number of likely N-dealkylation sites (tertiary alicyclic amines) is 1. The highest BCUT2D eigenvalue weighted by Gasteiger charge is 2.29. The van der Waals surface area contributed by atoms with Gasteiger partial charge in [0.2, 0.25) is 5.91 Å². The average molecular weight is 455 g/mol. The molecule has 2 aromatic carbocycles. The van der Waals surface area contributed by atoms with E-state index < -0.39 is 0 Å². The van der Waals surface area contributed by atoms with Crippen molar-refractivity contribution in [3.63, 3.8) is 0 Å². The van der Waals surface area contributed by atoms with Crippen molar-refractivity contribution in [3.8, 4) is 17.1 Å². The Morgan fingerprint density at radius 2 is 1.68 bits per heavy atom. The summed E-state index contributed by atoms with van der Waals surface area (Å²) in [5.41, 5.74) is 3.08. The number of thioether (sulfide) groups is 1. The van der Waals surface area contributed by atoms with Crippen LogP contribution in [0.1, 0.15) is 38.7 Å². The molecule has 0 bridgehead atoms. The van der Waals surface area contributed by atoms with Crippen molar-refractivity contribution >= 4 is 29.3 Å². The summed E-state index contributed by atoms with van der Waals surface area (Å²) in [6.45, 7) is 6.35. The molecular formula is C24H27ClN4OS. The molecule has 31 heavy (non-hydrogen) atoms. The zero-order valence-electron chi connectivity index (χ0n) is 18.1. The molecule has 1 fully saturated rings. The maximum Gasteiger partial charge on any atom is 0.233 e. The van der Waals surface area contributed by atoms with E-state index in [-0.39, 0.29) is 18.0 Å². The average Bonchev–Trinajstić information content (AvgIpc) is 3.17. The van der Waals surface area contributed by atoms with Crippen molar-refractivity contribution in [1.82, 2.24) is 19.7 Å². The number of piperidine rings is 1.